The van der Waals surface area contributed by atoms with Crippen LogP contribution in [-0.4, -0.2) is 25.4 Å². The molecule has 18 heavy (non-hydrogen) atoms. The lowest BCUT2D eigenvalue weighted by Crippen LogP contribution is -2.21. The number of hydrogen-bond donors (Lipinski definition) is 2. The van der Waals surface area contributed by atoms with Gasteiger partial charge in [-0.15, -0.1) is 0 Å². The van der Waals surface area contributed by atoms with E-state index in [1.807, 2.05) is 6.07 Å². The molecule has 0 fully saturated rings. The van der Waals surface area contributed by atoms with E-state index in [4.69, 9.17) is 20.4 Å². The molecule has 5 heteroatoms. The van der Waals surface area contributed by atoms with Crippen LogP contribution in [0.4, 0.5) is 0 Å². The number of nitriles is 2. The first-order chi connectivity index (χ1) is 8.76. The van der Waals surface area contributed by atoms with Gasteiger partial charge in [-0.25, -0.2) is 0 Å². The molecule has 1 rings (SSSR count). The van der Waals surface area contributed by atoms with Crippen LogP contribution >= 0.6 is 0 Å². The number of nitrogens with one attached hydrogen (secondary N) is 1. The maximum absolute atomic E-state index is 9.08. The number of hydrogen-bond acceptors (Lipinski definition) is 5. The van der Waals surface area contributed by atoms with Crippen LogP contribution < -0.4 is 10.1 Å². The third-order valence-electron chi connectivity index (χ3n) is 2.49. The smallest absolute Gasteiger partial charge is 0.136 e. The van der Waals surface area contributed by atoms with Gasteiger partial charge in [-0.3, -0.25) is 5.32 Å². The van der Waals surface area contributed by atoms with Gasteiger partial charge in [0.2, 0.25) is 0 Å². The number of rotatable bonds is 6. The second kappa shape index (κ2) is 7.29. The second-order valence-electron chi connectivity index (χ2n) is 3.66. The minimum absolute atomic E-state index is 0.0806. The van der Waals surface area contributed by atoms with Gasteiger partial charge >= 0.3 is 0 Å². The Morgan fingerprint density at radius 3 is 2.78 bits per heavy atom. The zero-order valence-corrected chi connectivity index (χ0v) is 10.2. The average molecular weight is 245 g/mol. The third kappa shape index (κ3) is 3.46. The summed E-state index contributed by atoms with van der Waals surface area (Å²) in [6.07, 6.45) is 0.583. The first-order valence-corrected chi connectivity index (χ1v) is 5.58. The normalized spacial score (nSPS) is 11.3. The quantitative estimate of drug-likeness (QED) is 0.733. The standard InChI is InChI=1S/C13H15N3O2/c1-18-13-4-3-10(7-11(13)8-14)12(9-15)16-5-2-6-17/h3-4,7,12,16-17H,2,5-6H2,1H3. The maximum atomic E-state index is 9.08. The molecule has 0 saturated heterocycles. The lowest BCUT2D eigenvalue weighted by molar-refractivity contribution is 0.285. The number of aliphatic hydroxyl groups excluding tert-OH is 1. The molecule has 0 spiro atoms. The summed E-state index contributed by atoms with van der Waals surface area (Å²) >= 11 is 0. The molecule has 0 aliphatic carbocycles. The molecule has 0 heterocycles. The third-order valence-corrected chi connectivity index (χ3v) is 2.49. The van der Waals surface area contributed by atoms with Crippen LogP contribution in [0.2, 0.25) is 0 Å². The lowest BCUT2D eigenvalue weighted by atomic mass is 10.0. The fourth-order valence-electron chi connectivity index (χ4n) is 1.56. The van der Waals surface area contributed by atoms with E-state index in [0.29, 0.717) is 29.8 Å². The summed E-state index contributed by atoms with van der Waals surface area (Å²) in [5.74, 6) is 0.494. The number of methoxy groups -OCH3 is 1. The molecule has 94 valence electrons. The molecule has 5 nitrogen and oxygen atoms in total. The second-order valence-corrected chi connectivity index (χ2v) is 3.66. The highest BCUT2D eigenvalue weighted by Crippen LogP contribution is 2.22. The first kappa shape index (κ1) is 14.0. The Balaban J connectivity index is 2.88. The van der Waals surface area contributed by atoms with Crippen LogP contribution in [0.5, 0.6) is 5.75 Å². The number of nitrogens with zero attached hydrogens (tertiary/aromatic N) is 2. The molecule has 1 unspecified atom stereocenters. The van der Waals surface area contributed by atoms with Gasteiger partial charge in [-0.2, -0.15) is 10.5 Å². The molecule has 2 N–H and O–H groups in total. The van der Waals surface area contributed by atoms with Crippen molar-refractivity contribution >= 4 is 0 Å². The number of ether oxygens (including phenoxy) is 1. The summed E-state index contributed by atoms with van der Waals surface area (Å²) in [5, 5.41) is 29.8. The molecular weight excluding hydrogens is 230 g/mol. The van der Waals surface area contributed by atoms with Gasteiger partial charge in [0.1, 0.15) is 17.9 Å². The Labute approximate surface area is 106 Å². The van der Waals surface area contributed by atoms with E-state index in [1.54, 1.807) is 18.2 Å². The topological polar surface area (TPSA) is 89.1 Å². The summed E-state index contributed by atoms with van der Waals surface area (Å²) < 4.78 is 5.04. The maximum Gasteiger partial charge on any atom is 0.136 e. The Morgan fingerprint density at radius 1 is 1.44 bits per heavy atom. The van der Waals surface area contributed by atoms with Crippen molar-refractivity contribution in [3.63, 3.8) is 0 Å². The largest absolute Gasteiger partial charge is 0.495 e. The average Bonchev–Trinajstić information content (AvgIpc) is 2.43. The van der Waals surface area contributed by atoms with Crippen molar-refractivity contribution < 1.29 is 9.84 Å². The zero-order chi connectivity index (χ0) is 13.4. The summed E-state index contributed by atoms with van der Waals surface area (Å²) in [5.41, 5.74) is 1.12. The molecular formula is C13H15N3O2. The van der Waals surface area contributed by atoms with Gasteiger partial charge in [0.05, 0.1) is 18.7 Å². The molecule has 0 aromatic heterocycles. The molecule has 1 aromatic rings. The number of benzene rings is 1. The van der Waals surface area contributed by atoms with E-state index in [9.17, 15) is 0 Å². The minimum Gasteiger partial charge on any atom is -0.495 e. The van der Waals surface area contributed by atoms with E-state index in [-0.39, 0.29) is 6.61 Å². The van der Waals surface area contributed by atoms with Crippen molar-refractivity contribution in [2.75, 3.05) is 20.3 Å². The van der Waals surface area contributed by atoms with E-state index >= 15 is 0 Å². The Kier molecular flexibility index (Phi) is 5.66. The van der Waals surface area contributed by atoms with Gasteiger partial charge in [0, 0.05) is 6.61 Å². The number of aliphatic hydroxyl groups is 1. The summed E-state index contributed by atoms with van der Waals surface area (Å²) in [4.78, 5) is 0. The molecule has 0 saturated carbocycles. The van der Waals surface area contributed by atoms with Gasteiger partial charge in [0.15, 0.2) is 0 Å². The van der Waals surface area contributed by atoms with Crippen molar-refractivity contribution in [1.29, 1.82) is 10.5 Å². The van der Waals surface area contributed by atoms with Crippen molar-refractivity contribution in [2.24, 2.45) is 0 Å². The van der Waals surface area contributed by atoms with E-state index < -0.39 is 6.04 Å². The van der Waals surface area contributed by atoms with Crippen LogP contribution in [0.25, 0.3) is 0 Å². The van der Waals surface area contributed by atoms with Gasteiger partial charge < -0.3 is 9.84 Å². The Bertz CT molecular complexity index is 474. The Hall–Kier alpha value is -2.08. The van der Waals surface area contributed by atoms with Crippen molar-refractivity contribution in [1.82, 2.24) is 5.32 Å². The monoisotopic (exact) mass is 245 g/mol. The minimum atomic E-state index is -0.491. The summed E-state index contributed by atoms with van der Waals surface area (Å²) in [6.45, 7) is 0.625. The molecule has 1 aromatic carbocycles. The predicted octanol–water partition coefficient (Wildman–Crippen LogP) is 1.10. The summed E-state index contributed by atoms with van der Waals surface area (Å²) in [7, 11) is 1.50. The van der Waals surface area contributed by atoms with Crippen LogP contribution in [0.3, 0.4) is 0 Å². The van der Waals surface area contributed by atoms with Crippen molar-refractivity contribution in [3.8, 4) is 17.9 Å². The van der Waals surface area contributed by atoms with Crippen molar-refractivity contribution in [3.05, 3.63) is 29.3 Å². The molecule has 0 aliphatic heterocycles. The van der Waals surface area contributed by atoms with E-state index in [0.717, 1.165) is 0 Å². The van der Waals surface area contributed by atoms with E-state index in [2.05, 4.69) is 11.4 Å². The molecule has 1 atom stereocenters. The highest BCUT2D eigenvalue weighted by molar-refractivity contribution is 5.46. The fourth-order valence-corrected chi connectivity index (χ4v) is 1.56. The van der Waals surface area contributed by atoms with Crippen LogP contribution in [0.1, 0.15) is 23.6 Å². The molecule has 0 radical (unpaired) electrons. The van der Waals surface area contributed by atoms with Gasteiger partial charge in [-0.1, -0.05) is 6.07 Å². The Morgan fingerprint density at radius 2 is 2.22 bits per heavy atom. The van der Waals surface area contributed by atoms with E-state index in [1.165, 1.54) is 7.11 Å². The SMILES string of the molecule is COc1ccc(C(C#N)NCCCO)cc1C#N. The highest BCUT2D eigenvalue weighted by atomic mass is 16.5. The van der Waals surface area contributed by atoms with Gasteiger partial charge in [-0.05, 0) is 30.7 Å². The summed E-state index contributed by atoms with van der Waals surface area (Å²) in [6, 6.07) is 8.72. The van der Waals surface area contributed by atoms with Gasteiger partial charge in [0.25, 0.3) is 0 Å². The molecule has 0 amide bonds. The zero-order valence-electron chi connectivity index (χ0n) is 10.2. The predicted molar refractivity (Wildman–Crippen MR) is 65.8 cm³/mol. The fraction of sp³-hybridized carbons (Fsp3) is 0.385. The first-order valence-electron chi connectivity index (χ1n) is 5.58. The van der Waals surface area contributed by atoms with Crippen LogP contribution in [0.15, 0.2) is 18.2 Å². The molecule has 0 bridgehead atoms. The van der Waals surface area contributed by atoms with Crippen LogP contribution in [0, 0.1) is 22.7 Å². The lowest BCUT2D eigenvalue weighted by Gasteiger charge is -2.12. The van der Waals surface area contributed by atoms with Crippen LogP contribution in [-0.2, 0) is 0 Å². The molecule has 0 aliphatic rings. The van der Waals surface area contributed by atoms with Crippen molar-refractivity contribution in [2.45, 2.75) is 12.5 Å². The highest BCUT2D eigenvalue weighted by Gasteiger charge is 2.12.